The molecule has 5 nitrogen and oxygen atoms in total. The van der Waals surface area contributed by atoms with Gasteiger partial charge in [0.25, 0.3) is 5.69 Å². The van der Waals surface area contributed by atoms with Gasteiger partial charge in [0.05, 0.1) is 10.5 Å². The fraction of sp³-hybridized carbons (Fsp3) is 0.538. The zero-order chi connectivity index (χ0) is 15.8. The van der Waals surface area contributed by atoms with E-state index < -0.39 is 22.4 Å². The molecule has 0 saturated carbocycles. The van der Waals surface area contributed by atoms with E-state index in [1.807, 2.05) is 13.8 Å². The maximum atomic E-state index is 13.2. The predicted molar refractivity (Wildman–Crippen MR) is 72.4 cm³/mol. The van der Waals surface area contributed by atoms with Crippen LogP contribution in [-0.4, -0.2) is 30.1 Å². The molecule has 1 aliphatic rings. The number of nitro groups is 1. The molecule has 0 radical (unpaired) electrons. The summed E-state index contributed by atoms with van der Waals surface area (Å²) in [6, 6.07) is 2.84. The Morgan fingerprint density at radius 1 is 1.38 bits per heavy atom. The second kappa shape index (κ2) is 5.51. The minimum atomic E-state index is -4.63. The molecule has 0 spiro atoms. The zero-order valence-electron chi connectivity index (χ0n) is 11.6. The molecule has 1 fully saturated rings. The Labute approximate surface area is 119 Å². The van der Waals surface area contributed by atoms with Crippen molar-refractivity contribution in [2.45, 2.75) is 32.1 Å². The van der Waals surface area contributed by atoms with Gasteiger partial charge in [-0.2, -0.15) is 13.2 Å². The number of non-ortho nitro benzene ring substituents is 1. The number of hydrogen-bond acceptors (Lipinski definition) is 4. The molecule has 0 amide bonds. The summed E-state index contributed by atoms with van der Waals surface area (Å²) in [7, 11) is 0. The minimum Gasteiger partial charge on any atom is -0.366 e. The van der Waals surface area contributed by atoms with Crippen molar-refractivity contribution in [3.63, 3.8) is 0 Å². The van der Waals surface area contributed by atoms with E-state index in [9.17, 15) is 23.3 Å². The summed E-state index contributed by atoms with van der Waals surface area (Å²) in [6.45, 7) is 4.69. The first-order valence-corrected chi connectivity index (χ1v) is 6.56. The van der Waals surface area contributed by atoms with Gasteiger partial charge in [0, 0.05) is 43.0 Å². The maximum Gasteiger partial charge on any atom is 0.418 e. The van der Waals surface area contributed by atoms with Crippen LogP contribution in [0.15, 0.2) is 18.2 Å². The van der Waals surface area contributed by atoms with Crippen LogP contribution in [0, 0.1) is 10.1 Å². The number of anilines is 1. The van der Waals surface area contributed by atoms with E-state index in [0.717, 1.165) is 6.07 Å². The number of halogens is 3. The van der Waals surface area contributed by atoms with Crippen molar-refractivity contribution in [1.29, 1.82) is 0 Å². The standard InChI is InChI=1S/C13H16F3N3O2/c1-8-7-18(9(2)6-17-8)12-4-3-10(19(20)21)5-11(12)13(14,15)16/h3-5,8-9,17H,6-7H2,1-2H3. The third-order valence-corrected chi connectivity index (χ3v) is 3.57. The van der Waals surface area contributed by atoms with E-state index in [1.165, 1.54) is 6.07 Å². The van der Waals surface area contributed by atoms with Crippen LogP contribution >= 0.6 is 0 Å². The molecule has 0 aromatic heterocycles. The molecule has 116 valence electrons. The van der Waals surface area contributed by atoms with Crippen LogP contribution in [0.25, 0.3) is 0 Å². The molecule has 2 atom stereocenters. The molecule has 1 aromatic rings. The highest BCUT2D eigenvalue weighted by atomic mass is 19.4. The topological polar surface area (TPSA) is 58.4 Å². The van der Waals surface area contributed by atoms with Crippen LogP contribution in [0.3, 0.4) is 0 Å². The molecule has 1 aliphatic heterocycles. The third kappa shape index (κ3) is 3.26. The molecule has 0 bridgehead atoms. The lowest BCUT2D eigenvalue weighted by atomic mass is 10.1. The first-order valence-electron chi connectivity index (χ1n) is 6.56. The number of nitrogens with zero attached hydrogens (tertiary/aromatic N) is 2. The van der Waals surface area contributed by atoms with Gasteiger partial charge in [-0.3, -0.25) is 10.1 Å². The molecule has 1 N–H and O–H groups in total. The number of piperazine rings is 1. The van der Waals surface area contributed by atoms with Crippen LogP contribution in [0.4, 0.5) is 24.5 Å². The highest BCUT2D eigenvalue weighted by Crippen LogP contribution is 2.39. The van der Waals surface area contributed by atoms with Crippen molar-refractivity contribution >= 4 is 11.4 Å². The van der Waals surface area contributed by atoms with Crippen molar-refractivity contribution < 1.29 is 18.1 Å². The lowest BCUT2D eigenvalue weighted by molar-refractivity contribution is -0.385. The highest BCUT2D eigenvalue weighted by molar-refractivity contribution is 5.60. The Balaban J connectivity index is 2.49. The fourth-order valence-corrected chi connectivity index (χ4v) is 2.47. The van der Waals surface area contributed by atoms with Crippen molar-refractivity contribution in [3.05, 3.63) is 33.9 Å². The fourth-order valence-electron chi connectivity index (χ4n) is 2.47. The van der Waals surface area contributed by atoms with Gasteiger partial charge in [0.15, 0.2) is 0 Å². The second-order valence-corrected chi connectivity index (χ2v) is 5.27. The van der Waals surface area contributed by atoms with Crippen molar-refractivity contribution in [2.75, 3.05) is 18.0 Å². The lowest BCUT2D eigenvalue weighted by Gasteiger charge is -2.40. The summed E-state index contributed by atoms with van der Waals surface area (Å²) < 4.78 is 39.6. The van der Waals surface area contributed by atoms with E-state index >= 15 is 0 Å². The second-order valence-electron chi connectivity index (χ2n) is 5.27. The smallest absolute Gasteiger partial charge is 0.366 e. The van der Waals surface area contributed by atoms with Gasteiger partial charge < -0.3 is 10.2 Å². The van der Waals surface area contributed by atoms with Crippen molar-refractivity contribution in [3.8, 4) is 0 Å². The summed E-state index contributed by atoms with van der Waals surface area (Å²) in [4.78, 5) is 11.5. The summed E-state index contributed by atoms with van der Waals surface area (Å²) >= 11 is 0. The van der Waals surface area contributed by atoms with Gasteiger partial charge in [-0.1, -0.05) is 0 Å². The Morgan fingerprint density at radius 3 is 2.62 bits per heavy atom. The molecule has 0 aliphatic carbocycles. The van der Waals surface area contributed by atoms with Gasteiger partial charge in [-0.25, -0.2) is 0 Å². The van der Waals surface area contributed by atoms with Crippen molar-refractivity contribution in [2.24, 2.45) is 0 Å². The Bertz CT molecular complexity index is 548. The molecule has 1 saturated heterocycles. The van der Waals surface area contributed by atoms with Gasteiger partial charge in [-0.05, 0) is 19.9 Å². The summed E-state index contributed by atoms with van der Waals surface area (Å²) in [5, 5.41) is 13.9. The highest BCUT2D eigenvalue weighted by Gasteiger charge is 2.38. The minimum absolute atomic E-state index is 0.00560. The molecule has 1 heterocycles. The van der Waals surface area contributed by atoms with E-state index in [4.69, 9.17) is 0 Å². The molecule has 1 aromatic carbocycles. The van der Waals surface area contributed by atoms with Crippen LogP contribution in [0.1, 0.15) is 19.4 Å². The number of nitrogens with one attached hydrogen (secondary N) is 1. The SMILES string of the molecule is CC1CN(c2ccc([N+](=O)[O-])cc2C(F)(F)F)C(C)CN1. The van der Waals surface area contributed by atoms with Gasteiger partial charge >= 0.3 is 6.18 Å². The average Bonchev–Trinajstić information content (AvgIpc) is 2.40. The van der Waals surface area contributed by atoms with E-state index in [2.05, 4.69) is 5.32 Å². The van der Waals surface area contributed by atoms with E-state index in [1.54, 1.807) is 4.90 Å². The van der Waals surface area contributed by atoms with E-state index in [0.29, 0.717) is 19.2 Å². The number of alkyl halides is 3. The number of benzene rings is 1. The molecular formula is C13H16F3N3O2. The zero-order valence-corrected chi connectivity index (χ0v) is 11.6. The third-order valence-electron chi connectivity index (χ3n) is 3.57. The quantitative estimate of drug-likeness (QED) is 0.674. The number of nitro benzene ring substituents is 1. The average molecular weight is 303 g/mol. The molecular weight excluding hydrogens is 287 g/mol. The first kappa shape index (κ1) is 15.6. The van der Waals surface area contributed by atoms with Crippen LogP contribution in [0.2, 0.25) is 0 Å². The predicted octanol–water partition coefficient (Wildman–Crippen LogP) is 2.80. The normalized spacial score (nSPS) is 23.2. The summed E-state index contributed by atoms with van der Waals surface area (Å²) in [5.74, 6) is 0. The lowest BCUT2D eigenvalue weighted by Crippen LogP contribution is -2.54. The molecule has 2 rings (SSSR count). The van der Waals surface area contributed by atoms with Gasteiger partial charge in [0.1, 0.15) is 0 Å². The largest absolute Gasteiger partial charge is 0.418 e. The van der Waals surface area contributed by atoms with Gasteiger partial charge in [-0.15, -0.1) is 0 Å². The molecule has 21 heavy (non-hydrogen) atoms. The first-order chi connectivity index (χ1) is 9.70. The molecule has 2 unspecified atom stereocenters. The van der Waals surface area contributed by atoms with Crippen LogP contribution < -0.4 is 10.2 Å². The maximum absolute atomic E-state index is 13.2. The van der Waals surface area contributed by atoms with Crippen LogP contribution in [-0.2, 0) is 6.18 Å². The molecule has 8 heteroatoms. The summed E-state index contributed by atoms with van der Waals surface area (Å²) in [6.07, 6.45) is -4.63. The monoisotopic (exact) mass is 303 g/mol. The Kier molecular flexibility index (Phi) is 4.08. The Morgan fingerprint density at radius 2 is 2.05 bits per heavy atom. The number of hydrogen-bond donors (Lipinski definition) is 1. The van der Waals surface area contributed by atoms with Crippen molar-refractivity contribution in [1.82, 2.24) is 5.32 Å². The summed E-state index contributed by atoms with van der Waals surface area (Å²) in [5.41, 5.74) is -1.52. The Hall–Kier alpha value is -1.83. The number of rotatable bonds is 2. The van der Waals surface area contributed by atoms with E-state index in [-0.39, 0.29) is 17.8 Å². The van der Waals surface area contributed by atoms with Gasteiger partial charge in [0.2, 0.25) is 0 Å². The van der Waals surface area contributed by atoms with Crippen LogP contribution in [0.5, 0.6) is 0 Å².